The fraction of sp³-hybridized carbons (Fsp3) is 0.300. The number of ether oxygens (including phenoxy) is 1. The largest absolute Gasteiger partial charge is 0.481 e. The molecule has 4 heteroatoms. The first-order valence-corrected chi connectivity index (χ1v) is 8.13. The molecule has 2 aromatic rings. The number of benzene rings is 2. The summed E-state index contributed by atoms with van der Waals surface area (Å²) >= 11 is 0. The smallest absolute Gasteiger partial charge is 0.311 e. The van der Waals surface area contributed by atoms with E-state index in [-0.39, 0.29) is 12.4 Å². The lowest BCUT2D eigenvalue weighted by atomic mass is 10.1. The molecule has 2 aromatic carbocycles. The first kappa shape index (κ1) is 19.4. The van der Waals surface area contributed by atoms with E-state index in [2.05, 4.69) is 0 Å². The van der Waals surface area contributed by atoms with Crippen LogP contribution in [0.2, 0.25) is 0 Å². The van der Waals surface area contributed by atoms with Crippen LogP contribution in [0.4, 0.5) is 0 Å². The van der Waals surface area contributed by atoms with Crippen LogP contribution in [0, 0.1) is 0 Å². The van der Waals surface area contributed by atoms with Crippen LogP contribution in [0.25, 0.3) is 0 Å². The van der Waals surface area contributed by atoms with Crippen LogP contribution in [0.5, 0.6) is 5.75 Å². The van der Waals surface area contributed by atoms with Crippen LogP contribution in [0.3, 0.4) is 0 Å². The second kappa shape index (κ2) is 11.9. The summed E-state index contributed by atoms with van der Waals surface area (Å²) in [7, 11) is 0. The summed E-state index contributed by atoms with van der Waals surface area (Å²) in [6, 6.07) is 19.0. The molecule has 0 saturated carbocycles. The lowest BCUT2D eigenvalue weighted by molar-refractivity contribution is -0.137. The third-order valence-corrected chi connectivity index (χ3v) is 3.13. The van der Waals surface area contributed by atoms with Crippen LogP contribution >= 0.6 is 0 Å². The van der Waals surface area contributed by atoms with Gasteiger partial charge in [-0.05, 0) is 37.0 Å². The highest BCUT2D eigenvalue weighted by atomic mass is 16.5. The molecule has 0 heterocycles. The number of carboxylic acids is 1. The fourth-order valence-corrected chi connectivity index (χ4v) is 1.96. The van der Waals surface area contributed by atoms with E-state index < -0.39 is 5.97 Å². The molecule has 4 nitrogen and oxygen atoms in total. The molecule has 0 aromatic heterocycles. The number of rotatable bonds is 7. The van der Waals surface area contributed by atoms with Crippen molar-refractivity contribution in [1.29, 1.82) is 0 Å². The Balaban J connectivity index is 0.000000240. The van der Waals surface area contributed by atoms with E-state index in [0.717, 1.165) is 19.3 Å². The summed E-state index contributed by atoms with van der Waals surface area (Å²) in [6.45, 7) is 1.95. The highest BCUT2D eigenvalue weighted by Gasteiger charge is 2.01. The van der Waals surface area contributed by atoms with Crippen molar-refractivity contribution in [3.05, 3.63) is 66.2 Å². The van der Waals surface area contributed by atoms with Gasteiger partial charge in [0, 0.05) is 12.8 Å². The summed E-state index contributed by atoms with van der Waals surface area (Å²) in [4.78, 5) is 21.2. The Morgan fingerprint density at radius 3 is 2.04 bits per heavy atom. The van der Waals surface area contributed by atoms with E-state index in [1.165, 1.54) is 5.56 Å². The van der Waals surface area contributed by atoms with Gasteiger partial charge in [0.1, 0.15) is 5.75 Å². The predicted octanol–water partition coefficient (Wildman–Crippen LogP) is 4.49. The minimum absolute atomic E-state index is 0.163. The Hall–Kier alpha value is -2.62. The van der Waals surface area contributed by atoms with E-state index >= 15 is 0 Å². The summed E-state index contributed by atoms with van der Waals surface area (Å²) in [5.41, 5.74) is 1.21. The molecular formula is C20H24O4. The number of carboxylic acid groups (broad SMARTS) is 1. The summed E-state index contributed by atoms with van der Waals surface area (Å²) in [5.74, 6) is -0.259. The van der Waals surface area contributed by atoms with Gasteiger partial charge in [0.2, 0.25) is 0 Å². The maximum Gasteiger partial charge on any atom is 0.311 e. The molecule has 0 spiro atoms. The predicted molar refractivity (Wildman–Crippen MR) is 94.0 cm³/mol. The van der Waals surface area contributed by atoms with E-state index in [0.29, 0.717) is 12.2 Å². The van der Waals surface area contributed by atoms with Crippen molar-refractivity contribution in [1.82, 2.24) is 0 Å². The van der Waals surface area contributed by atoms with Gasteiger partial charge in [-0.3, -0.25) is 9.59 Å². The Morgan fingerprint density at radius 1 is 0.917 bits per heavy atom. The van der Waals surface area contributed by atoms with Crippen LogP contribution in [-0.4, -0.2) is 17.0 Å². The van der Waals surface area contributed by atoms with Crippen molar-refractivity contribution in [3.63, 3.8) is 0 Å². The molecule has 0 unspecified atom stereocenters. The topological polar surface area (TPSA) is 63.6 Å². The van der Waals surface area contributed by atoms with Gasteiger partial charge in [0.15, 0.2) is 0 Å². The van der Waals surface area contributed by atoms with Crippen LogP contribution in [0.15, 0.2) is 60.7 Å². The van der Waals surface area contributed by atoms with Gasteiger partial charge in [-0.2, -0.15) is 0 Å². The average molecular weight is 328 g/mol. The number of hydrogen-bond acceptors (Lipinski definition) is 3. The highest BCUT2D eigenvalue weighted by Crippen LogP contribution is 2.09. The molecule has 0 radical (unpaired) electrons. The normalized spacial score (nSPS) is 9.54. The second-order valence-electron chi connectivity index (χ2n) is 5.27. The zero-order chi connectivity index (χ0) is 17.6. The summed E-state index contributed by atoms with van der Waals surface area (Å²) in [5, 5.41) is 8.39. The molecule has 0 fully saturated rings. The van der Waals surface area contributed by atoms with Gasteiger partial charge < -0.3 is 9.84 Å². The van der Waals surface area contributed by atoms with Gasteiger partial charge in [-0.15, -0.1) is 0 Å². The zero-order valence-electron chi connectivity index (χ0n) is 14.0. The monoisotopic (exact) mass is 328 g/mol. The van der Waals surface area contributed by atoms with Crippen LogP contribution < -0.4 is 4.74 Å². The number of esters is 1. The molecule has 0 bridgehead atoms. The van der Waals surface area contributed by atoms with Gasteiger partial charge in [-0.25, -0.2) is 0 Å². The summed E-state index contributed by atoms with van der Waals surface area (Å²) in [6.07, 6.45) is 3.14. The van der Waals surface area contributed by atoms with Crippen molar-refractivity contribution in [2.45, 2.75) is 39.0 Å². The molecular weight excluding hydrogens is 304 g/mol. The molecule has 0 atom stereocenters. The standard InChI is InChI=1S/2C10H12O2/c1-2-6-10(11)12-9-7-4-3-5-8-9;11-10(12)8-4-7-9-5-2-1-3-6-9/h3-5,7-8H,2,6H2,1H3;1-3,5-6H,4,7-8H2,(H,11,12). The number of aryl methyl sites for hydroxylation is 1. The second-order valence-corrected chi connectivity index (χ2v) is 5.27. The van der Waals surface area contributed by atoms with Gasteiger partial charge in [0.05, 0.1) is 0 Å². The van der Waals surface area contributed by atoms with E-state index in [9.17, 15) is 9.59 Å². The Kier molecular flexibility index (Phi) is 9.62. The molecule has 2 rings (SSSR count). The Labute approximate surface area is 143 Å². The number of carbonyl (C=O) groups excluding carboxylic acids is 1. The quantitative estimate of drug-likeness (QED) is 0.601. The third-order valence-electron chi connectivity index (χ3n) is 3.13. The van der Waals surface area contributed by atoms with Crippen LogP contribution in [0.1, 0.15) is 38.2 Å². The van der Waals surface area contributed by atoms with Crippen molar-refractivity contribution in [3.8, 4) is 5.75 Å². The molecule has 1 N–H and O–H groups in total. The van der Waals surface area contributed by atoms with Crippen molar-refractivity contribution < 1.29 is 19.4 Å². The lowest BCUT2D eigenvalue weighted by Gasteiger charge is -2.01. The van der Waals surface area contributed by atoms with Crippen LogP contribution in [-0.2, 0) is 16.0 Å². The first-order valence-electron chi connectivity index (χ1n) is 8.13. The third kappa shape index (κ3) is 9.41. The maximum atomic E-state index is 11.0. The lowest BCUT2D eigenvalue weighted by Crippen LogP contribution is -2.06. The number of carbonyl (C=O) groups is 2. The van der Waals surface area contributed by atoms with Crippen molar-refractivity contribution in [2.24, 2.45) is 0 Å². The minimum Gasteiger partial charge on any atom is -0.481 e. The van der Waals surface area contributed by atoms with Gasteiger partial charge in [0.25, 0.3) is 0 Å². The summed E-state index contributed by atoms with van der Waals surface area (Å²) < 4.78 is 5.02. The SMILES string of the molecule is CCCC(=O)Oc1ccccc1.O=C(O)CCCc1ccccc1. The molecule has 24 heavy (non-hydrogen) atoms. The number of aliphatic carboxylic acids is 1. The maximum absolute atomic E-state index is 11.0. The van der Waals surface area contributed by atoms with Crippen molar-refractivity contribution >= 4 is 11.9 Å². The number of hydrogen-bond donors (Lipinski definition) is 1. The molecule has 0 amide bonds. The molecule has 0 aliphatic carbocycles. The zero-order valence-corrected chi connectivity index (χ0v) is 14.0. The number of para-hydroxylation sites is 1. The van der Waals surface area contributed by atoms with E-state index in [4.69, 9.17) is 9.84 Å². The molecule has 0 saturated heterocycles. The molecule has 0 aliphatic rings. The van der Waals surface area contributed by atoms with Crippen molar-refractivity contribution in [2.75, 3.05) is 0 Å². The van der Waals surface area contributed by atoms with E-state index in [1.807, 2.05) is 55.5 Å². The van der Waals surface area contributed by atoms with Gasteiger partial charge >= 0.3 is 11.9 Å². The van der Waals surface area contributed by atoms with E-state index in [1.54, 1.807) is 12.1 Å². The highest BCUT2D eigenvalue weighted by molar-refractivity contribution is 5.72. The fourth-order valence-electron chi connectivity index (χ4n) is 1.96. The Bertz CT molecular complexity index is 594. The Morgan fingerprint density at radius 2 is 1.50 bits per heavy atom. The average Bonchev–Trinajstić information content (AvgIpc) is 2.57. The minimum atomic E-state index is -0.717. The first-order chi connectivity index (χ1) is 11.6. The van der Waals surface area contributed by atoms with Gasteiger partial charge in [-0.1, -0.05) is 55.5 Å². The molecule has 0 aliphatic heterocycles. The molecule has 128 valence electrons.